The average Bonchev–Trinajstić information content (AvgIpc) is 2.68. The van der Waals surface area contributed by atoms with Crippen LogP contribution in [0.2, 0.25) is 0 Å². The number of aliphatic hydroxyl groups excluding tert-OH is 3. The molecule has 0 saturated carbocycles. The van der Waals surface area contributed by atoms with Crippen LogP contribution in [0, 0.1) is 19.3 Å². The van der Waals surface area contributed by atoms with Crippen molar-refractivity contribution in [3.05, 3.63) is 23.3 Å². The van der Waals surface area contributed by atoms with Gasteiger partial charge in [-0.25, -0.2) is 4.79 Å². The largest absolute Gasteiger partial charge is 0.508 e. The number of aliphatic carboxylic acids is 1. The van der Waals surface area contributed by atoms with E-state index >= 15 is 0 Å². The summed E-state index contributed by atoms with van der Waals surface area (Å²) in [6.07, 6.45) is -8.25. The smallest absolute Gasteiger partial charge is 0.335 e. The number of carbonyl (C=O) groups excluding carboxylic acids is 1. The highest BCUT2D eigenvalue weighted by molar-refractivity contribution is 5.76. The van der Waals surface area contributed by atoms with Gasteiger partial charge in [0.15, 0.2) is 6.10 Å². The minimum Gasteiger partial charge on any atom is -0.508 e. The Balaban J connectivity index is 1.91. The Kier molecular flexibility index (Phi) is 7.87. The van der Waals surface area contributed by atoms with Crippen LogP contribution in [0.5, 0.6) is 11.5 Å². The van der Waals surface area contributed by atoms with Crippen molar-refractivity contribution in [3.8, 4) is 11.5 Å². The van der Waals surface area contributed by atoms with Crippen molar-refractivity contribution < 1.29 is 49.3 Å². The Morgan fingerprint density at radius 1 is 1.06 bits per heavy atom. The molecule has 0 spiro atoms. The quantitative estimate of drug-likeness (QED) is 0.285. The number of aryl methyl sites for hydroxylation is 2. The molecule has 0 aromatic heterocycles. The third-order valence-electron chi connectivity index (χ3n) is 5.29. The molecule has 0 amide bonds. The van der Waals surface area contributed by atoms with E-state index in [2.05, 4.69) is 0 Å². The first kappa shape index (κ1) is 24.9. The van der Waals surface area contributed by atoms with E-state index in [0.717, 1.165) is 5.56 Å². The third-order valence-corrected chi connectivity index (χ3v) is 5.29. The molecular formula is C21H30O10. The number of aromatic hydroxyl groups is 1. The number of rotatable bonds is 8. The molecule has 0 bridgehead atoms. The molecule has 1 saturated heterocycles. The highest BCUT2D eigenvalue weighted by Gasteiger charge is 2.49. The molecule has 0 aliphatic carbocycles. The van der Waals surface area contributed by atoms with Crippen molar-refractivity contribution in [1.29, 1.82) is 0 Å². The van der Waals surface area contributed by atoms with E-state index in [0.29, 0.717) is 30.8 Å². The minimum atomic E-state index is -1.86. The molecule has 1 aromatic carbocycles. The van der Waals surface area contributed by atoms with E-state index in [9.17, 15) is 30.0 Å². The first-order chi connectivity index (χ1) is 14.3. The summed E-state index contributed by atoms with van der Waals surface area (Å²) in [5, 5.41) is 48.3. The summed E-state index contributed by atoms with van der Waals surface area (Å²) >= 11 is 0. The molecule has 1 heterocycles. The van der Waals surface area contributed by atoms with Gasteiger partial charge in [-0.1, -0.05) is 0 Å². The van der Waals surface area contributed by atoms with Crippen LogP contribution in [0.15, 0.2) is 12.1 Å². The van der Waals surface area contributed by atoms with Gasteiger partial charge in [-0.2, -0.15) is 0 Å². The van der Waals surface area contributed by atoms with Gasteiger partial charge in [0, 0.05) is 0 Å². The van der Waals surface area contributed by atoms with Gasteiger partial charge >= 0.3 is 11.9 Å². The second kappa shape index (κ2) is 9.82. The number of phenols is 1. The maximum atomic E-state index is 12.6. The van der Waals surface area contributed by atoms with Gasteiger partial charge in [0.05, 0.1) is 12.0 Å². The van der Waals surface area contributed by atoms with Gasteiger partial charge in [0.1, 0.15) is 29.8 Å². The lowest BCUT2D eigenvalue weighted by atomic mass is 9.88. The summed E-state index contributed by atoms with van der Waals surface area (Å²) in [4.78, 5) is 23.7. The molecule has 5 atom stereocenters. The molecule has 5 N–H and O–H groups in total. The lowest BCUT2D eigenvalue weighted by Gasteiger charge is -2.39. The molecule has 0 unspecified atom stereocenters. The average molecular weight is 442 g/mol. The van der Waals surface area contributed by atoms with Crippen molar-refractivity contribution in [3.63, 3.8) is 0 Å². The van der Waals surface area contributed by atoms with Gasteiger partial charge < -0.3 is 39.7 Å². The van der Waals surface area contributed by atoms with Crippen molar-refractivity contribution >= 4 is 11.9 Å². The SMILES string of the molecule is Cc1cc(OCCCC(C)(C)C(=O)O[C@@H]2O[C@H](C(=O)O)[C@@H](O)[C@@H](O)[C@H]2O)c(C)cc1O. The minimum absolute atomic E-state index is 0.184. The molecule has 10 nitrogen and oxygen atoms in total. The molecule has 31 heavy (non-hydrogen) atoms. The summed E-state index contributed by atoms with van der Waals surface area (Å²) in [5.74, 6) is -1.51. The molecule has 1 fully saturated rings. The van der Waals surface area contributed by atoms with E-state index in [1.807, 2.05) is 0 Å². The first-order valence-corrected chi connectivity index (χ1v) is 9.91. The zero-order valence-electron chi connectivity index (χ0n) is 17.9. The van der Waals surface area contributed by atoms with Crippen molar-refractivity contribution in [1.82, 2.24) is 0 Å². The number of hydrogen-bond acceptors (Lipinski definition) is 9. The number of benzene rings is 1. The molecule has 2 rings (SSSR count). The lowest BCUT2D eigenvalue weighted by Crippen LogP contribution is -2.61. The van der Waals surface area contributed by atoms with Crippen LogP contribution >= 0.6 is 0 Å². The predicted molar refractivity (Wildman–Crippen MR) is 107 cm³/mol. The number of carboxylic acid groups (broad SMARTS) is 1. The summed E-state index contributed by atoms with van der Waals surface area (Å²) in [7, 11) is 0. The van der Waals surface area contributed by atoms with Crippen molar-refractivity contribution in [2.75, 3.05) is 6.61 Å². The predicted octanol–water partition coefficient (Wildman–Crippen LogP) is 0.630. The van der Waals surface area contributed by atoms with E-state index < -0.39 is 48.1 Å². The number of phenolic OH excluding ortho intramolecular Hbond substituents is 1. The van der Waals surface area contributed by atoms with E-state index in [-0.39, 0.29) is 5.75 Å². The second-order valence-corrected chi connectivity index (χ2v) is 8.38. The van der Waals surface area contributed by atoms with Crippen molar-refractivity contribution in [2.24, 2.45) is 5.41 Å². The van der Waals surface area contributed by atoms with Crippen LogP contribution < -0.4 is 4.74 Å². The number of carboxylic acids is 1. The summed E-state index contributed by atoms with van der Waals surface area (Å²) < 4.78 is 15.8. The van der Waals surface area contributed by atoms with Crippen LogP contribution in [0.4, 0.5) is 0 Å². The molecule has 0 radical (unpaired) electrons. The number of aliphatic hydroxyl groups is 3. The fourth-order valence-electron chi connectivity index (χ4n) is 3.14. The standard InChI is InChI=1S/C21H30O10/c1-10-9-13(11(2)8-12(10)22)29-7-5-6-21(3,4)20(28)31-19-16(25)14(23)15(24)17(30-19)18(26)27/h8-9,14-17,19,22-25H,5-7H2,1-4H3,(H,26,27)/t14-,15+,16-,17+,19+/m1/s1. The zero-order chi connectivity index (χ0) is 23.5. The molecule has 174 valence electrons. The number of hydrogen-bond donors (Lipinski definition) is 5. The molecule has 1 aromatic rings. The molecule has 1 aliphatic rings. The Morgan fingerprint density at radius 3 is 2.32 bits per heavy atom. The monoisotopic (exact) mass is 442 g/mol. The lowest BCUT2D eigenvalue weighted by molar-refractivity contribution is -0.288. The maximum Gasteiger partial charge on any atom is 0.335 e. The van der Waals surface area contributed by atoms with E-state index in [4.69, 9.17) is 19.3 Å². The first-order valence-electron chi connectivity index (χ1n) is 9.91. The van der Waals surface area contributed by atoms with Crippen LogP contribution in [-0.2, 0) is 19.1 Å². The Labute approximate surface area is 180 Å². The number of carbonyl (C=O) groups is 2. The highest BCUT2D eigenvalue weighted by Crippen LogP contribution is 2.30. The summed E-state index contributed by atoms with van der Waals surface area (Å²) in [6.45, 7) is 7.09. The fourth-order valence-corrected chi connectivity index (χ4v) is 3.14. The summed E-state index contributed by atoms with van der Waals surface area (Å²) in [5.41, 5.74) is 0.438. The van der Waals surface area contributed by atoms with Crippen LogP contribution in [-0.4, -0.2) is 74.8 Å². The van der Waals surface area contributed by atoms with Gasteiger partial charge in [-0.15, -0.1) is 0 Å². The van der Waals surface area contributed by atoms with Crippen molar-refractivity contribution in [2.45, 2.75) is 71.2 Å². The van der Waals surface area contributed by atoms with Crippen LogP contribution in [0.3, 0.4) is 0 Å². The van der Waals surface area contributed by atoms with Gasteiger partial charge in [0.2, 0.25) is 6.29 Å². The number of esters is 1. The van der Waals surface area contributed by atoms with E-state index in [1.54, 1.807) is 39.8 Å². The molecule has 10 heteroatoms. The fraction of sp³-hybridized carbons (Fsp3) is 0.619. The zero-order valence-corrected chi connectivity index (χ0v) is 17.9. The number of ether oxygens (including phenoxy) is 3. The second-order valence-electron chi connectivity index (χ2n) is 8.38. The van der Waals surface area contributed by atoms with Gasteiger partial charge in [-0.3, -0.25) is 4.79 Å². The Morgan fingerprint density at radius 2 is 1.71 bits per heavy atom. The Bertz CT molecular complexity index is 806. The third kappa shape index (κ3) is 5.85. The molecule has 1 aliphatic heterocycles. The molecular weight excluding hydrogens is 412 g/mol. The van der Waals surface area contributed by atoms with Crippen LogP contribution in [0.1, 0.15) is 37.8 Å². The van der Waals surface area contributed by atoms with Gasteiger partial charge in [0.25, 0.3) is 0 Å². The highest BCUT2D eigenvalue weighted by atomic mass is 16.7. The van der Waals surface area contributed by atoms with Crippen LogP contribution in [0.25, 0.3) is 0 Å². The Hall–Kier alpha value is -2.40. The summed E-state index contributed by atoms with van der Waals surface area (Å²) in [6, 6.07) is 3.33. The maximum absolute atomic E-state index is 12.6. The van der Waals surface area contributed by atoms with Gasteiger partial charge in [-0.05, 0) is 63.8 Å². The normalized spacial score (nSPS) is 26.4. The topological polar surface area (TPSA) is 163 Å². The van der Waals surface area contributed by atoms with E-state index in [1.165, 1.54) is 0 Å².